The van der Waals surface area contributed by atoms with E-state index in [2.05, 4.69) is 21.9 Å². The highest BCUT2D eigenvalue weighted by molar-refractivity contribution is 5.31. The van der Waals surface area contributed by atoms with Crippen molar-refractivity contribution in [1.29, 1.82) is 0 Å². The molecular weight excluding hydrogens is 190 g/mol. The van der Waals surface area contributed by atoms with Crippen molar-refractivity contribution in [1.82, 2.24) is 9.97 Å². The fourth-order valence-corrected chi connectivity index (χ4v) is 1.86. The minimum Gasteiger partial charge on any atom is -0.352 e. The van der Waals surface area contributed by atoms with Gasteiger partial charge in [0.2, 0.25) is 5.95 Å². The van der Waals surface area contributed by atoms with Gasteiger partial charge in [-0.3, -0.25) is 9.78 Å². The normalized spacial score (nSPS) is 14.4. The zero-order valence-electron chi connectivity index (χ0n) is 8.68. The second kappa shape index (κ2) is 4.29. The summed E-state index contributed by atoms with van der Waals surface area (Å²) in [6.07, 6.45) is 5.74. The van der Waals surface area contributed by atoms with Gasteiger partial charge in [-0.25, -0.2) is 4.98 Å². The van der Waals surface area contributed by atoms with Crippen LogP contribution < -0.4 is 10.9 Å². The van der Waals surface area contributed by atoms with Gasteiger partial charge in [-0.1, -0.05) is 6.08 Å². The van der Waals surface area contributed by atoms with E-state index in [0.29, 0.717) is 12.5 Å². The summed E-state index contributed by atoms with van der Waals surface area (Å²) in [5.74, 6) is 0.556. The molecule has 0 unspecified atom stereocenters. The number of aromatic amines is 1. The van der Waals surface area contributed by atoms with Crippen LogP contribution in [0.2, 0.25) is 0 Å². The quantitative estimate of drug-likeness (QED) is 0.730. The topological polar surface area (TPSA) is 57.8 Å². The maximum atomic E-state index is 11.7. The second-order valence-corrected chi connectivity index (χ2v) is 3.72. The molecular formula is C11H15N3O. The van der Waals surface area contributed by atoms with E-state index in [9.17, 15) is 4.79 Å². The van der Waals surface area contributed by atoms with E-state index in [4.69, 9.17) is 0 Å². The van der Waals surface area contributed by atoms with Gasteiger partial charge in [0.05, 0.1) is 5.69 Å². The number of nitrogens with one attached hydrogen (secondary N) is 2. The lowest BCUT2D eigenvalue weighted by Crippen LogP contribution is -2.22. The Morgan fingerprint density at radius 3 is 3.07 bits per heavy atom. The Morgan fingerprint density at radius 1 is 1.47 bits per heavy atom. The predicted octanol–water partition coefficient (Wildman–Crippen LogP) is 1.25. The molecule has 0 bridgehead atoms. The first-order valence-electron chi connectivity index (χ1n) is 5.28. The molecule has 4 heteroatoms. The van der Waals surface area contributed by atoms with Crippen LogP contribution in [-0.4, -0.2) is 16.5 Å². The number of H-pyrrole nitrogens is 1. The third-order valence-electron chi connectivity index (χ3n) is 2.61. The van der Waals surface area contributed by atoms with E-state index in [0.717, 1.165) is 36.9 Å². The van der Waals surface area contributed by atoms with Crippen molar-refractivity contribution in [3.05, 3.63) is 34.3 Å². The molecule has 0 aromatic carbocycles. The van der Waals surface area contributed by atoms with Crippen LogP contribution in [0.4, 0.5) is 5.95 Å². The van der Waals surface area contributed by atoms with Crippen molar-refractivity contribution in [2.45, 2.75) is 25.7 Å². The van der Waals surface area contributed by atoms with Crippen molar-refractivity contribution in [2.24, 2.45) is 0 Å². The number of anilines is 1. The van der Waals surface area contributed by atoms with Gasteiger partial charge in [0, 0.05) is 12.1 Å². The zero-order valence-corrected chi connectivity index (χ0v) is 8.68. The molecule has 0 spiro atoms. The summed E-state index contributed by atoms with van der Waals surface area (Å²) in [5.41, 5.74) is 1.83. The smallest absolute Gasteiger partial charge is 0.255 e. The molecule has 0 radical (unpaired) electrons. The Labute approximate surface area is 88.4 Å². The molecule has 2 rings (SSSR count). The van der Waals surface area contributed by atoms with E-state index in [1.165, 1.54) is 0 Å². The second-order valence-electron chi connectivity index (χ2n) is 3.72. The number of nitrogens with zero attached hydrogens (tertiary/aromatic N) is 1. The lowest BCUT2D eigenvalue weighted by atomic mass is 9.97. The minimum atomic E-state index is 0.00580. The molecule has 0 aliphatic heterocycles. The predicted molar refractivity (Wildman–Crippen MR) is 60.2 cm³/mol. The largest absolute Gasteiger partial charge is 0.352 e. The SMILES string of the molecule is C=CCNc1nc2c(c(=O)[nH]1)CCCC2. The van der Waals surface area contributed by atoms with E-state index in [1.807, 2.05) is 0 Å². The summed E-state index contributed by atoms with van der Waals surface area (Å²) in [7, 11) is 0. The first-order valence-corrected chi connectivity index (χ1v) is 5.28. The highest BCUT2D eigenvalue weighted by atomic mass is 16.1. The molecule has 80 valence electrons. The van der Waals surface area contributed by atoms with Crippen LogP contribution >= 0.6 is 0 Å². The molecule has 1 aromatic rings. The molecule has 15 heavy (non-hydrogen) atoms. The molecule has 4 nitrogen and oxygen atoms in total. The van der Waals surface area contributed by atoms with Gasteiger partial charge >= 0.3 is 0 Å². The number of hydrogen-bond donors (Lipinski definition) is 2. The summed E-state index contributed by atoms with van der Waals surface area (Å²) in [6.45, 7) is 4.22. The maximum absolute atomic E-state index is 11.7. The standard InChI is InChI=1S/C11H15N3O/c1-2-7-12-11-13-9-6-4-3-5-8(9)10(15)14-11/h2H,1,3-7H2,(H2,12,13,14,15). The van der Waals surface area contributed by atoms with Crippen LogP contribution in [0.15, 0.2) is 17.4 Å². The Kier molecular flexibility index (Phi) is 2.85. The highest BCUT2D eigenvalue weighted by Crippen LogP contribution is 2.16. The minimum absolute atomic E-state index is 0.00580. The Hall–Kier alpha value is -1.58. The fourth-order valence-electron chi connectivity index (χ4n) is 1.86. The van der Waals surface area contributed by atoms with E-state index >= 15 is 0 Å². The fraction of sp³-hybridized carbons (Fsp3) is 0.455. The molecule has 0 saturated carbocycles. The molecule has 0 fully saturated rings. The lowest BCUT2D eigenvalue weighted by molar-refractivity contribution is 0.657. The van der Waals surface area contributed by atoms with Gasteiger partial charge in [0.1, 0.15) is 0 Å². The summed E-state index contributed by atoms with van der Waals surface area (Å²) >= 11 is 0. The number of aromatic nitrogens is 2. The van der Waals surface area contributed by atoms with Crippen LogP contribution in [-0.2, 0) is 12.8 Å². The van der Waals surface area contributed by atoms with Crippen molar-refractivity contribution < 1.29 is 0 Å². The Morgan fingerprint density at radius 2 is 2.27 bits per heavy atom. The number of hydrogen-bond acceptors (Lipinski definition) is 3. The molecule has 1 aliphatic carbocycles. The number of aryl methyl sites for hydroxylation is 1. The van der Waals surface area contributed by atoms with E-state index < -0.39 is 0 Å². The van der Waals surface area contributed by atoms with Crippen LogP contribution in [0.5, 0.6) is 0 Å². The molecule has 0 amide bonds. The third-order valence-corrected chi connectivity index (χ3v) is 2.61. The van der Waals surface area contributed by atoms with Crippen molar-refractivity contribution >= 4 is 5.95 Å². The average Bonchev–Trinajstić information content (AvgIpc) is 2.26. The Balaban J connectivity index is 2.32. The highest BCUT2D eigenvalue weighted by Gasteiger charge is 2.14. The van der Waals surface area contributed by atoms with Crippen LogP contribution in [0.25, 0.3) is 0 Å². The molecule has 2 N–H and O–H groups in total. The molecule has 1 aromatic heterocycles. The van der Waals surface area contributed by atoms with Crippen LogP contribution in [0.1, 0.15) is 24.1 Å². The van der Waals surface area contributed by atoms with E-state index in [1.54, 1.807) is 6.08 Å². The summed E-state index contributed by atoms with van der Waals surface area (Å²) in [6, 6.07) is 0. The molecule has 0 atom stereocenters. The summed E-state index contributed by atoms with van der Waals surface area (Å²) in [4.78, 5) is 18.8. The first-order chi connectivity index (χ1) is 7.31. The summed E-state index contributed by atoms with van der Waals surface area (Å²) in [5, 5.41) is 3.00. The summed E-state index contributed by atoms with van der Waals surface area (Å²) < 4.78 is 0. The van der Waals surface area contributed by atoms with Crippen molar-refractivity contribution in [3.63, 3.8) is 0 Å². The average molecular weight is 205 g/mol. The van der Waals surface area contributed by atoms with E-state index in [-0.39, 0.29) is 5.56 Å². The monoisotopic (exact) mass is 205 g/mol. The molecule has 1 heterocycles. The van der Waals surface area contributed by atoms with Crippen LogP contribution in [0.3, 0.4) is 0 Å². The van der Waals surface area contributed by atoms with Crippen LogP contribution in [0, 0.1) is 0 Å². The maximum Gasteiger partial charge on any atom is 0.255 e. The Bertz CT molecular complexity index is 422. The van der Waals surface area contributed by atoms with Gasteiger partial charge < -0.3 is 5.32 Å². The van der Waals surface area contributed by atoms with Gasteiger partial charge in [-0.05, 0) is 25.7 Å². The number of fused-ring (bicyclic) bond motifs is 1. The third kappa shape index (κ3) is 2.09. The zero-order chi connectivity index (χ0) is 10.7. The molecule has 1 aliphatic rings. The van der Waals surface area contributed by atoms with Gasteiger partial charge in [-0.15, -0.1) is 6.58 Å². The lowest BCUT2D eigenvalue weighted by Gasteiger charge is -2.14. The van der Waals surface area contributed by atoms with Crippen molar-refractivity contribution in [3.8, 4) is 0 Å². The van der Waals surface area contributed by atoms with Gasteiger partial charge in [0.25, 0.3) is 5.56 Å². The first kappa shape index (κ1) is 9.96. The van der Waals surface area contributed by atoms with Gasteiger partial charge in [0.15, 0.2) is 0 Å². The molecule has 0 saturated heterocycles. The van der Waals surface area contributed by atoms with Gasteiger partial charge in [-0.2, -0.15) is 0 Å². The van der Waals surface area contributed by atoms with Crippen molar-refractivity contribution in [2.75, 3.05) is 11.9 Å². The number of rotatable bonds is 3.